The van der Waals surface area contributed by atoms with Crippen LogP contribution in [0.4, 0.5) is 19.3 Å². The second kappa shape index (κ2) is 9.64. The van der Waals surface area contributed by atoms with E-state index in [0.717, 1.165) is 25.7 Å². The summed E-state index contributed by atoms with van der Waals surface area (Å²) in [7, 11) is 0. The van der Waals surface area contributed by atoms with E-state index in [-0.39, 0.29) is 30.0 Å². The lowest BCUT2D eigenvalue weighted by molar-refractivity contribution is 0.104. The largest absolute Gasteiger partial charge is 0.465 e. The zero-order chi connectivity index (χ0) is 22.7. The van der Waals surface area contributed by atoms with E-state index in [0.29, 0.717) is 41.7 Å². The van der Waals surface area contributed by atoms with Crippen LogP contribution in [0.1, 0.15) is 57.2 Å². The average Bonchev–Trinajstić information content (AvgIpc) is 3.24. The van der Waals surface area contributed by atoms with Crippen LogP contribution in [0.3, 0.4) is 0 Å². The lowest BCUT2D eigenvalue weighted by Crippen LogP contribution is -2.42. The number of benzene rings is 1. The molecular weight excluding hydrogens is 438 g/mol. The van der Waals surface area contributed by atoms with Gasteiger partial charge in [0, 0.05) is 17.0 Å². The summed E-state index contributed by atoms with van der Waals surface area (Å²) in [4.78, 5) is 30.2. The summed E-state index contributed by atoms with van der Waals surface area (Å²) in [6, 6.07) is 3.41. The van der Waals surface area contributed by atoms with Crippen LogP contribution >= 0.6 is 11.8 Å². The van der Waals surface area contributed by atoms with Gasteiger partial charge in [0.1, 0.15) is 22.7 Å². The standard InChI is InChI=1S/C22H28F2N4O3S/c23-16-9-14(26-13-3-1-2-4-13)10-17-19(16)20(29)28-18(27-17)11-32-15-5-7-22(24,8-6-15)12-25-21(30)31/h9-10,13,15,25-26H,1-8,11-12H2,(H,30,31)(H,27,28,29)/t15-,22-. The number of rotatable bonds is 7. The number of fused-ring (bicyclic) bond motifs is 1. The predicted molar refractivity (Wildman–Crippen MR) is 122 cm³/mol. The SMILES string of the molecule is O=C(O)NC[C@]1(F)CC[C@H](SCc2nc3cc(NC4CCCC4)cc(F)c3c(=O)[nH]2)CC1. The molecule has 0 atom stereocenters. The van der Waals surface area contributed by atoms with E-state index in [1.165, 1.54) is 6.07 Å². The molecule has 0 bridgehead atoms. The molecule has 2 aromatic rings. The van der Waals surface area contributed by atoms with E-state index in [1.54, 1.807) is 17.8 Å². The van der Waals surface area contributed by atoms with E-state index in [4.69, 9.17) is 5.11 Å². The Morgan fingerprint density at radius 2 is 1.97 bits per heavy atom. The minimum absolute atomic E-state index is 0.0402. The van der Waals surface area contributed by atoms with Gasteiger partial charge in [0.25, 0.3) is 5.56 Å². The van der Waals surface area contributed by atoms with Crippen molar-refractivity contribution >= 4 is 34.4 Å². The third-order valence-corrected chi connectivity index (χ3v) is 7.76. The molecular formula is C22H28F2N4O3S. The van der Waals surface area contributed by atoms with Gasteiger partial charge in [-0.15, -0.1) is 0 Å². The normalized spacial score (nSPS) is 24.0. The summed E-state index contributed by atoms with van der Waals surface area (Å²) < 4.78 is 29.3. The number of H-pyrrole nitrogens is 1. The Hall–Kier alpha value is -2.36. The Balaban J connectivity index is 1.40. The molecule has 1 amide bonds. The minimum Gasteiger partial charge on any atom is -0.465 e. The second-order valence-electron chi connectivity index (χ2n) is 8.81. The molecule has 2 saturated carbocycles. The zero-order valence-corrected chi connectivity index (χ0v) is 18.6. The van der Waals surface area contributed by atoms with Crippen molar-refractivity contribution in [2.45, 2.75) is 74.1 Å². The number of aromatic nitrogens is 2. The predicted octanol–water partition coefficient (Wildman–Crippen LogP) is 4.57. The van der Waals surface area contributed by atoms with E-state index in [2.05, 4.69) is 20.6 Å². The van der Waals surface area contributed by atoms with Crippen molar-refractivity contribution < 1.29 is 18.7 Å². The fraction of sp³-hybridized carbons (Fsp3) is 0.591. The molecule has 1 heterocycles. The van der Waals surface area contributed by atoms with Crippen molar-refractivity contribution in [3.05, 3.63) is 34.1 Å². The van der Waals surface area contributed by atoms with Gasteiger partial charge in [0.15, 0.2) is 0 Å². The number of thioether (sulfide) groups is 1. The maximum atomic E-state index is 14.7. The molecule has 10 heteroatoms. The molecule has 7 nitrogen and oxygen atoms in total. The molecule has 4 rings (SSSR count). The van der Waals surface area contributed by atoms with Crippen LogP contribution in [0.2, 0.25) is 0 Å². The van der Waals surface area contributed by atoms with Crippen molar-refractivity contribution in [3.8, 4) is 0 Å². The van der Waals surface area contributed by atoms with Crippen LogP contribution in [0, 0.1) is 5.82 Å². The van der Waals surface area contributed by atoms with E-state index in [1.807, 2.05) is 0 Å². The summed E-state index contributed by atoms with van der Waals surface area (Å²) in [5.41, 5.74) is -1.04. The highest BCUT2D eigenvalue weighted by Crippen LogP contribution is 2.37. The number of hydrogen-bond acceptors (Lipinski definition) is 5. The molecule has 0 aliphatic heterocycles. The molecule has 2 aliphatic rings. The summed E-state index contributed by atoms with van der Waals surface area (Å²) in [6.07, 6.45) is 5.01. The summed E-state index contributed by atoms with van der Waals surface area (Å²) in [6.45, 7) is -0.192. The molecule has 174 valence electrons. The molecule has 0 saturated heterocycles. The number of amides is 1. The number of alkyl halides is 1. The number of carboxylic acid groups (broad SMARTS) is 1. The van der Waals surface area contributed by atoms with E-state index in [9.17, 15) is 18.4 Å². The van der Waals surface area contributed by atoms with E-state index < -0.39 is 23.1 Å². The second-order valence-corrected chi connectivity index (χ2v) is 10.1. The summed E-state index contributed by atoms with van der Waals surface area (Å²) >= 11 is 1.58. The molecule has 2 aliphatic carbocycles. The molecule has 0 radical (unpaired) electrons. The molecule has 4 N–H and O–H groups in total. The van der Waals surface area contributed by atoms with Crippen molar-refractivity contribution in [3.63, 3.8) is 0 Å². The maximum absolute atomic E-state index is 14.7. The van der Waals surface area contributed by atoms with Crippen LogP contribution < -0.4 is 16.2 Å². The first kappa shape index (κ1) is 22.8. The summed E-state index contributed by atoms with van der Waals surface area (Å²) in [5.74, 6) is 0.316. The van der Waals surface area contributed by atoms with Crippen LogP contribution in [-0.2, 0) is 5.75 Å². The highest BCUT2D eigenvalue weighted by atomic mass is 32.2. The fourth-order valence-electron chi connectivity index (χ4n) is 4.61. The van der Waals surface area contributed by atoms with Gasteiger partial charge in [-0.05, 0) is 50.7 Å². The lowest BCUT2D eigenvalue weighted by Gasteiger charge is -2.33. The van der Waals surface area contributed by atoms with Crippen LogP contribution in [0.5, 0.6) is 0 Å². The first-order chi connectivity index (χ1) is 15.3. The smallest absolute Gasteiger partial charge is 0.404 e. The van der Waals surface area contributed by atoms with Crippen molar-refractivity contribution in [2.75, 3.05) is 11.9 Å². The number of halogens is 2. The Morgan fingerprint density at radius 1 is 1.25 bits per heavy atom. The van der Waals surface area contributed by atoms with Gasteiger partial charge in [-0.1, -0.05) is 12.8 Å². The van der Waals surface area contributed by atoms with E-state index >= 15 is 0 Å². The van der Waals surface area contributed by atoms with Crippen LogP contribution in [-0.4, -0.2) is 44.7 Å². The van der Waals surface area contributed by atoms with Gasteiger partial charge >= 0.3 is 6.09 Å². The number of aromatic amines is 1. The van der Waals surface area contributed by atoms with Gasteiger partial charge in [0.05, 0.1) is 17.8 Å². The van der Waals surface area contributed by atoms with Gasteiger partial charge < -0.3 is 20.7 Å². The van der Waals surface area contributed by atoms with Gasteiger partial charge in [-0.25, -0.2) is 18.6 Å². The highest BCUT2D eigenvalue weighted by Gasteiger charge is 2.35. The molecule has 1 aromatic carbocycles. The lowest BCUT2D eigenvalue weighted by atomic mass is 9.86. The third kappa shape index (κ3) is 5.51. The quantitative estimate of drug-likeness (QED) is 0.476. The molecule has 32 heavy (non-hydrogen) atoms. The highest BCUT2D eigenvalue weighted by molar-refractivity contribution is 7.99. The fourth-order valence-corrected chi connectivity index (χ4v) is 5.71. The summed E-state index contributed by atoms with van der Waals surface area (Å²) in [5, 5.41) is 14.3. The number of carbonyl (C=O) groups is 1. The average molecular weight is 467 g/mol. The monoisotopic (exact) mass is 466 g/mol. The number of anilines is 1. The molecule has 0 spiro atoms. The maximum Gasteiger partial charge on any atom is 0.404 e. The van der Waals surface area contributed by atoms with Crippen LogP contribution in [0.15, 0.2) is 16.9 Å². The minimum atomic E-state index is -1.51. The number of nitrogens with zero attached hydrogens (tertiary/aromatic N) is 1. The third-order valence-electron chi connectivity index (χ3n) is 6.38. The number of nitrogens with one attached hydrogen (secondary N) is 3. The van der Waals surface area contributed by atoms with Crippen molar-refractivity contribution in [1.82, 2.24) is 15.3 Å². The number of hydrogen-bond donors (Lipinski definition) is 4. The molecule has 1 aromatic heterocycles. The first-order valence-corrected chi connectivity index (χ1v) is 12.1. The first-order valence-electron chi connectivity index (χ1n) is 11.1. The molecule has 0 unspecified atom stereocenters. The van der Waals surface area contributed by atoms with Gasteiger partial charge in [0.2, 0.25) is 0 Å². The Morgan fingerprint density at radius 3 is 2.66 bits per heavy atom. The Labute approximate surface area is 188 Å². The van der Waals surface area contributed by atoms with Crippen molar-refractivity contribution in [1.29, 1.82) is 0 Å². The van der Waals surface area contributed by atoms with Gasteiger partial charge in [-0.2, -0.15) is 11.8 Å². The topological polar surface area (TPSA) is 107 Å². The zero-order valence-electron chi connectivity index (χ0n) is 17.8. The van der Waals surface area contributed by atoms with Crippen molar-refractivity contribution in [2.24, 2.45) is 0 Å². The van der Waals surface area contributed by atoms with Crippen LogP contribution in [0.25, 0.3) is 10.9 Å². The Bertz CT molecular complexity index is 1030. The van der Waals surface area contributed by atoms with Gasteiger partial charge in [-0.3, -0.25) is 4.79 Å². The molecule has 2 fully saturated rings. The Kier molecular flexibility index (Phi) is 6.88.